The summed E-state index contributed by atoms with van der Waals surface area (Å²) in [7, 11) is -7.69. The third-order valence-electron chi connectivity index (χ3n) is 3.22. The maximum absolute atomic E-state index is 13.2. The third-order valence-corrected chi connectivity index (χ3v) is 4.13. The second kappa shape index (κ2) is 9.43. The van der Waals surface area contributed by atoms with Gasteiger partial charge in [0.05, 0.1) is 0 Å². The van der Waals surface area contributed by atoms with Gasteiger partial charge in [-0.25, -0.2) is 0 Å². The molecule has 0 aliphatic rings. The van der Waals surface area contributed by atoms with Gasteiger partial charge < -0.3 is 5.73 Å². The number of hydrogen-bond acceptors (Lipinski definition) is 3. The van der Waals surface area contributed by atoms with Crippen LogP contribution in [0.1, 0.15) is 12.8 Å². The van der Waals surface area contributed by atoms with Gasteiger partial charge in [0.15, 0.2) is 0 Å². The molecule has 0 heterocycles. The summed E-state index contributed by atoms with van der Waals surface area (Å²) in [6.07, 6.45) is -10.4. The van der Waals surface area contributed by atoms with Crippen LogP contribution in [0, 0.1) is 0 Å². The maximum Gasteiger partial charge on any atom is 0.438 e. The van der Waals surface area contributed by atoms with E-state index in [9.17, 15) is 74.3 Å². The van der Waals surface area contributed by atoms with E-state index in [0.717, 1.165) is 0 Å². The fraction of sp³-hybridized carbons (Fsp3) is 0.833. The topological polar surface area (TPSA) is 80.4 Å². The van der Waals surface area contributed by atoms with Gasteiger partial charge in [0.2, 0.25) is 0 Å². The molecule has 0 aromatic rings. The van der Waals surface area contributed by atoms with Crippen molar-refractivity contribution in [2.24, 2.45) is 5.73 Å². The Kier molecular flexibility index (Phi) is 9.65. The van der Waals surface area contributed by atoms with Crippen molar-refractivity contribution < 1.29 is 78.8 Å². The first kappa shape index (κ1) is 32.7. The molecule has 0 aliphatic heterocycles. The monoisotopic (exact) mass is 535 g/mol. The van der Waals surface area contributed by atoms with Gasteiger partial charge in [0, 0.05) is 19.4 Å². The number of alkyl halides is 15. The van der Waals surface area contributed by atoms with E-state index in [1.807, 2.05) is 0 Å². The lowest BCUT2D eigenvalue weighted by Crippen LogP contribution is -2.71. The van der Waals surface area contributed by atoms with Crippen LogP contribution in [-0.4, -0.2) is 60.6 Å². The molecule has 0 bridgehead atoms. The van der Waals surface area contributed by atoms with Crippen LogP contribution in [0.25, 0.3) is 0 Å². The lowest BCUT2D eigenvalue weighted by molar-refractivity contribution is -0.418. The zero-order valence-corrected chi connectivity index (χ0v) is 15.6. The molecule has 20 heteroatoms. The third kappa shape index (κ3) is 5.91. The Balaban J connectivity index is 0. The summed E-state index contributed by atoms with van der Waals surface area (Å²) in [4.78, 5) is 0. The number of rotatable bonds is 9. The Morgan fingerprint density at radius 2 is 1.00 bits per heavy atom. The van der Waals surface area contributed by atoms with Gasteiger partial charge in [0.1, 0.15) is 0 Å². The van der Waals surface area contributed by atoms with E-state index in [2.05, 4.69) is 6.58 Å². The normalized spacial score (nSPS) is 15.2. The first-order valence-electron chi connectivity index (χ1n) is 7.24. The molecule has 0 rings (SSSR count). The van der Waals surface area contributed by atoms with Crippen molar-refractivity contribution in [1.29, 1.82) is 0 Å². The van der Waals surface area contributed by atoms with Gasteiger partial charge in [-0.05, 0) is 0 Å². The average molecular weight is 535 g/mol. The minimum absolute atomic E-state index is 0.583. The molecule has 0 unspecified atom stereocenters. The van der Waals surface area contributed by atoms with Crippen molar-refractivity contribution >= 4 is 10.1 Å². The van der Waals surface area contributed by atoms with E-state index in [0.29, 0.717) is 6.54 Å². The van der Waals surface area contributed by atoms with Crippen LogP contribution in [0.2, 0.25) is 0 Å². The van der Waals surface area contributed by atoms with E-state index >= 15 is 0 Å². The zero-order valence-electron chi connectivity index (χ0n) is 14.8. The minimum Gasteiger partial charge on any atom is -0.327 e. The highest BCUT2D eigenvalue weighted by Crippen LogP contribution is 2.61. The van der Waals surface area contributed by atoms with Crippen molar-refractivity contribution in [2.45, 2.75) is 53.9 Å². The summed E-state index contributed by atoms with van der Waals surface area (Å²) >= 11 is 0. The highest BCUT2D eigenvalue weighted by atomic mass is 32.2. The van der Waals surface area contributed by atoms with E-state index in [4.69, 9.17) is 10.3 Å². The van der Waals surface area contributed by atoms with Crippen LogP contribution in [-0.2, 0) is 10.1 Å². The molecule has 0 aromatic heterocycles. The van der Waals surface area contributed by atoms with E-state index in [1.165, 1.54) is 0 Å². The lowest BCUT2D eigenvalue weighted by atomic mass is 9.92. The summed E-state index contributed by atoms with van der Waals surface area (Å²) in [6.45, 7) is 3.94. The molecular formula is C12H12F15NO3S. The predicted octanol–water partition coefficient (Wildman–Crippen LogP) is 5.12. The Labute approximate surface area is 169 Å². The Hall–Kier alpha value is -1.44. The SMILES string of the molecule is C=CCN.O=S(=O)(O)C(F)(F)C(F)(F)C(F)(F)C(F)(F)C(F)(F)C(F)(F)CCC(F)(F)F. The Bertz CT molecular complexity index is 745. The smallest absolute Gasteiger partial charge is 0.327 e. The second-order valence-electron chi connectivity index (χ2n) is 5.63. The standard InChI is InChI=1S/C9H5F15O3S.C3H7N/c10-3(11,1-2-4(12,13)14)5(15,16)6(17,18)7(19,20)8(21,22)9(23,24)28(25,26)27;1-2-3-4/h1-2H2,(H,25,26,27);2H,1,3-4H2. The average Bonchev–Trinajstić information content (AvgIpc) is 2.57. The van der Waals surface area contributed by atoms with Crippen molar-refractivity contribution in [1.82, 2.24) is 0 Å². The maximum atomic E-state index is 13.2. The van der Waals surface area contributed by atoms with Crippen LogP contribution in [0.4, 0.5) is 65.9 Å². The molecule has 0 radical (unpaired) electrons. The van der Waals surface area contributed by atoms with Crippen molar-refractivity contribution in [3.05, 3.63) is 12.7 Å². The van der Waals surface area contributed by atoms with Gasteiger partial charge >= 0.3 is 51.2 Å². The van der Waals surface area contributed by atoms with Gasteiger partial charge in [-0.3, -0.25) is 4.55 Å². The largest absolute Gasteiger partial charge is 0.438 e. The molecule has 0 saturated carbocycles. The van der Waals surface area contributed by atoms with Gasteiger partial charge in [0.25, 0.3) is 0 Å². The number of nitrogens with two attached hydrogens (primary N) is 1. The highest BCUT2D eigenvalue weighted by Gasteiger charge is 2.91. The second-order valence-corrected chi connectivity index (χ2v) is 7.10. The van der Waals surface area contributed by atoms with Crippen LogP contribution in [0.5, 0.6) is 0 Å². The van der Waals surface area contributed by atoms with Crippen LogP contribution in [0.3, 0.4) is 0 Å². The Morgan fingerprint density at radius 3 is 1.25 bits per heavy atom. The first-order chi connectivity index (χ1) is 13.6. The Morgan fingerprint density at radius 1 is 0.688 bits per heavy atom. The molecule has 3 N–H and O–H groups in total. The highest BCUT2D eigenvalue weighted by molar-refractivity contribution is 7.87. The fourth-order valence-corrected chi connectivity index (χ4v) is 1.88. The molecular weight excluding hydrogens is 523 g/mol. The molecule has 0 aliphatic carbocycles. The van der Waals surface area contributed by atoms with Crippen molar-refractivity contribution in [3.63, 3.8) is 0 Å². The molecule has 0 fully saturated rings. The molecule has 194 valence electrons. The molecule has 0 spiro atoms. The van der Waals surface area contributed by atoms with Gasteiger partial charge in [-0.15, -0.1) is 6.58 Å². The molecule has 32 heavy (non-hydrogen) atoms. The van der Waals surface area contributed by atoms with Crippen molar-refractivity contribution in [3.8, 4) is 0 Å². The van der Waals surface area contributed by atoms with Crippen molar-refractivity contribution in [2.75, 3.05) is 6.54 Å². The van der Waals surface area contributed by atoms with E-state index < -0.39 is 64.0 Å². The van der Waals surface area contributed by atoms with Gasteiger partial charge in [-0.2, -0.15) is 74.3 Å². The quantitative estimate of drug-likeness (QED) is 0.244. The number of halogens is 15. The van der Waals surface area contributed by atoms with E-state index in [1.54, 1.807) is 6.08 Å². The molecule has 0 aromatic carbocycles. The molecule has 0 atom stereocenters. The lowest BCUT2D eigenvalue weighted by Gasteiger charge is -2.40. The molecule has 0 amide bonds. The zero-order chi connectivity index (χ0) is 26.8. The summed E-state index contributed by atoms with van der Waals surface area (Å²) in [6, 6.07) is 0. The van der Waals surface area contributed by atoms with Crippen LogP contribution >= 0.6 is 0 Å². The summed E-state index contributed by atoms with van der Waals surface area (Å²) in [5.74, 6) is -39.3. The minimum atomic E-state index is -8.32. The number of hydrogen-bond donors (Lipinski definition) is 2. The van der Waals surface area contributed by atoms with E-state index in [-0.39, 0.29) is 0 Å². The first-order valence-corrected chi connectivity index (χ1v) is 8.68. The fourth-order valence-electron chi connectivity index (χ4n) is 1.42. The molecule has 4 nitrogen and oxygen atoms in total. The predicted molar refractivity (Wildman–Crippen MR) is 75.8 cm³/mol. The summed E-state index contributed by atoms with van der Waals surface area (Å²) in [5.41, 5.74) is 4.91. The van der Waals surface area contributed by atoms with Crippen LogP contribution < -0.4 is 5.73 Å². The van der Waals surface area contributed by atoms with Crippen LogP contribution in [0.15, 0.2) is 12.7 Å². The summed E-state index contributed by atoms with van der Waals surface area (Å²) < 4.78 is 219. The summed E-state index contributed by atoms with van der Waals surface area (Å²) in [5, 5.41) is -7.59. The molecule has 0 saturated heterocycles. The van der Waals surface area contributed by atoms with Gasteiger partial charge in [-0.1, -0.05) is 6.08 Å².